The minimum absolute atomic E-state index is 0.802. The molecule has 1 atom stereocenters. The van der Waals surface area contributed by atoms with E-state index in [-0.39, 0.29) is 0 Å². The lowest BCUT2D eigenvalue weighted by atomic mass is 9.99. The highest BCUT2D eigenvalue weighted by Gasteiger charge is 2.16. The second kappa shape index (κ2) is 4.51. The van der Waals surface area contributed by atoms with Crippen LogP contribution in [0.25, 0.3) is 0 Å². The SMILES string of the molecule is CN1CCCC(CNn2cccc2)C1. The van der Waals surface area contributed by atoms with Crippen LogP contribution >= 0.6 is 0 Å². The molecule has 1 aliphatic rings. The van der Waals surface area contributed by atoms with Crippen molar-refractivity contribution in [3.8, 4) is 0 Å². The normalized spacial score (nSPS) is 23.6. The zero-order valence-corrected chi connectivity index (χ0v) is 8.82. The molecule has 2 rings (SSSR count). The molecule has 1 aliphatic heterocycles. The Bertz CT molecular complexity index is 256. The molecule has 1 N–H and O–H groups in total. The Morgan fingerprint density at radius 2 is 2.14 bits per heavy atom. The van der Waals surface area contributed by atoms with Crippen molar-refractivity contribution in [2.24, 2.45) is 5.92 Å². The summed E-state index contributed by atoms with van der Waals surface area (Å²) < 4.78 is 2.04. The molecule has 0 aromatic carbocycles. The number of nitrogens with zero attached hydrogens (tertiary/aromatic N) is 2. The lowest BCUT2D eigenvalue weighted by molar-refractivity contribution is 0.215. The van der Waals surface area contributed by atoms with E-state index in [1.807, 2.05) is 29.2 Å². The zero-order valence-electron chi connectivity index (χ0n) is 8.82. The number of likely N-dealkylation sites (tertiary alicyclic amines) is 1. The van der Waals surface area contributed by atoms with Gasteiger partial charge in [0, 0.05) is 25.5 Å². The first kappa shape index (κ1) is 9.59. The minimum Gasteiger partial charge on any atom is -0.326 e. The predicted octanol–water partition coefficient (Wildman–Crippen LogP) is 1.37. The highest BCUT2D eigenvalue weighted by atomic mass is 15.4. The molecule has 1 saturated heterocycles. The van der Waals surface area contributed by atoms with Gasteiger partial charge in [-0.2, -0.15) is 0 Å². The third-order valence-electron chi connectivity index (χ3n) is 2.89. The van der Waals surface area contributed by atoms with Gasteiger partial charge in [-0.15, -0.1) is 0 Å². The fraction of sp³-hybridized carbons (Fsp3) is 0.636. The average Bonchev–Trinajstić information content (AvgIpc) is 2.67. The summed E-state index contributed by atoms with van der Waals surface area (Å²) in [5.41, 5.74) is 3.40. The van der Waals surface area contributed by atoms with Crippen LogP contribution in [0.2, 0.25) is 0 Å². The molecule has 0 aliphatic carbocycles. The Hall–Kier alpha value is -0.960. The van der Waals surface area contributed by atoms with Gasteiger partial charge in [0.25, 0.3) is 0 Å². The molecule has 1 aromatic rings. The van der Waals surface area contributed by atoms with Crippen LogP contribution in [-0.4, -0.2) is 36.3 Å². The first-order valence-electron chi connectivity index (χ1n) is 5.40. The number of hydrogen-bond donors (Lipinski definition) is 1. The van der Waals surface area contributed by atoms with E-state index in [9.17, 15) is 0 Å². The van der Waals surface area contributed by atoms with Gasteiger partial charge in [0.1, 0.15) is 0 Å². The Morgan fingerprint density at radius 3 is 2.86 bits per heavy atom. The van der Waals surface area contributed by atoms with Crippen molar-refractivity contribution in [2.75, 3.05) is 32.1 Å². The van der Waals surface area contributed by atoms with Crippen LogP contribution < -0.4 is 5.43 Å². The molecule has 0 amide bonds. The van der Waals surface area contributed by atoms with Gasteiger partial charge in [-0.3, -0.25) is 4.68 Å². The number of hydrogen-bond acceptors (Lipinski definition) is 2. The van der Waals surface area contributed by atoms with Crippen molar-refractivity contribution in [2.45, 2.75) is 12.8 Å². The van der Waals surface area contributed by atoms with Gasteiger partial charge in [-0.05, 0) is 44.5 Å². The molecule has 3 nitrogen and oxygen atoms in total. The predicted molar refractivity (Wildman–Crippen MR) is 58.9 cm³/mol. The van der Waals surface area contributed by atoms with E-state index < -0.39 is 0 Å². The third kappa shape index (κ3) is 2.51. The Morgan fingerprint density at radius 1 is 1.36 bits per heavy atom. The van der Waals surface area contributed by atoms with E-state index >= 15 is 0 Å². The van der Waals surface area contributed by atoms with Gasteiger partial charge in [-0.25, -0.2) is 0 Å². The molecular weight excluding hydrogens is 174 g/mol. The molecule has 14 heavy (non-hydrogen) atoms. The molecule has 1 aromatic heterocycles. The maximum Gasteiger partial charge on any atom is 0.0354 e. The van der Waals surface area contributed by atoms with Crippen molar-refractivity contribution >= 4 is 0 Å². The summed E-state index contributed by atoms with van der Waals surface area (Å²) in [4.78, 5) is 2.42. The Labute approximate surface area is 85.7 Å². The van der Waals surface area contributed by atoms with E-state index in [4.69, 9.17) is 0 Å². The third-order valence-corrected chi connectivity index (χ3v) is 2.89. The molecule has 0 spiro atoms. The van der Waals surface area contributed by atoms with E-state index in [0.717, 1.165) is 12.5 Å². The van der Waals surface area contributed by atoms with Crippen LogP contribution in [0.15, 0.2) is 24.5 Å². The molecule has 1 unspecified atom stereocenters. The smallest absolute Gasteiger partial charge is 0.0354 e. The number of aromatic nitrogens is 1. The van der Waals surface area contributed by atoms with Gasteiger partial charge >= 0.3 is 0 Å². The van der Waals surface area contributed by atoms with Crippen LogP contribution in [0.3, 0.4) is 0 Å². The standard InChI is InChI=1S/C11H19N3/c1-13-6-4-5-11(10-13)9-12-14-7-2-3-8-14/h2-3,7-8,11-12H,4-6,9-10H2,1H3. The molecule has 78 valence electrons. The minimum atomic E-state index is 0.802. The summed E-state index contributed by atoms with van der Waals surface area (Å²) in [5, 5.41) is 0. The van der Waals surface area contributed by atoms with Crippen molar-refractivity contribution in [1.82, 2.24) is 9.58 Å². The molecule has 1 fully saturated rings. The average molecular weight is 193 g/mol. The zero-order chi connectivity index (χ0) is 9.80. The van der Waals surface area contributed by atoms with Crippen molar-refractivity contribution in [3.63, 3.8) is 0 Å². The van der Waals surface area contributed by atoms with Crippen LogP contribution in [0.1, 0.15) is 12.8 Å². The van der Waals surface area contributed by atoms with E-state index in [1.54, 1.807) is 0 Å². The second-order valence-electron chi connectivity index (χ2n) is 4.22. The summed E-state index contributed by atoms with van der Waals surface area (Å²) in [5.74, 6) is 0.802. The quantitative estimate of drug-likeness (QED) is 0.782. The van der Waals surface area contributed by atoms with Crippen LogP contribution in [0.5, 0.6) is 0 Å². The largest absolute Gasteiger partial charge is 0.326 e. The summed E-state index contributed by atoms with van der Waals surface area (Å²) in [6.45, 7) is 3.58. The van der Waals surface area contributed by atoms with E-state index in [0.29, 0.717) is 0 Å². The maximum atomic E-state index is 3.40. The summed E-state index contributed by atoms with van der Waals surface area (Å²) in [7, 11) is 2.21. The van der Waals surface area contributed by atoms with E-state index in [1.165, 1.54) is 25.9 Å². The highest BCUT2D eigenvalue weighted by Crippen LogP contribution is 2.14. The van der Waals surface area contributed by atoms with Gasteiger partial charge < -0.3 is 10.3 Å². The number of nitrogens with one attached hydrogen (secondary N) is 1. The maximum absolute atomic E-state index is 3.40. The van der Waals surface area contributed by atoms with Gasteiger partial charge in [-0.1, -0.05) is 0 Å². The second-order valence-corrected chi connectivity index (χ2v) is 4.22. The number of rotatable bonds is 3. The van der Waals surface area contributed by atoms with Crippen molar-refractivity contribution in [1.29, 1.82) is 0 Å². The highest BCUT2D eigenvalue weighted by molar-refractivity contribution is 4.93. The first-order valence-corrected chi connectivity index (χ1v) is 5.40. The van der Waals surface area contributed by atoms with Crippen molar-refractivity contribution in [3.05, 3.63) is 24.5 Å². The first-order chi connectivity index (χ1) is 6.84. The molecule has 0 radical (unpaired) electrons. The molecule has 3 heteroatoms. The Balaban J connectivity index is 1.75. The van der Waals surface area contributed by atoms with Crippen molar-refractivity contribution < 1.29 is 0 Å². The van der Waals surface area contributed by atoms with Crippen LogP contribution in [0.4, 0.5) is 0 Å². The fourth-order valence-corrected chi connectivity index (χ4v) is 2.11. The fourth-order valence-electron chi connectivity index (χ4n) is 2.11. The van der Waals surface area contributed by atoms with Gasteiger partial charge in [0.15, 0.2) is 0 Å². The molecule has 0 saturated carbocycles. The van der Waals surface area contributed by atoms with Gasteiger partial charge in [0.2, 0.25) is 0 Å². The summed E-state index contributed by atoms with van der Waals surface area (Å²) >= 11 is 0. The van der Waals surface area contributed by atoms with Crippen LogP contribution in [-0.2, 0) is 0 Å². The summed E-state index contributed by atoms with van der Waals surface area (Å²) in [6.07, 6.45) is 6.80. The molecular formula is C11H19N3. The monoisotopic (exact) mass is 193 g/mol. The van der Waals surface area contributed by atoms with E-state index in [2.05, 4.69) is 17.4 Å². The molecule has 2 heterocycles. The lowest BCUT2D eigenvalue weighted by Crippen LogP contribution is -2.36. The molecule has 0 bridgehead atoms. The topological polar surface area (TPSA) is 20.2 Å². The number of piperidine rings is 1. The lowest BCUT2D eigenvalue weighted by Gasteiger charge is -2.29. The summed E-state index contributed by atoms with van der Waals surface area (Å²) in [6, 6.07) is 4.08. The Kier molecular flexibility index (Phi) is 3.09. The van der Waals surface area contributed by atoms with Gasteiger partial charge in [0.05, 0.1) is 0 Å². The van der Waals surface area contributed by atoms with Crippen LogP contribution in [0, 0.1) is 5.92 Å².